The Morgan fingerprint density at radius 1 is 0.733 bits per heavy atom. The first kappa shape index (κ1) is 11.2. The maximum absolute atomic E-state index is 12.0. The zero-order valence-electron chi connectivity index (χ0n) is 7.70. The van der Waals surface area contributed by atoms with Crippen molar-refractivity contribution in [1.29, 1.82) is 0 Å². The predicted octanol–water partition coefficient (Wildman–Crippen LogP) is 3.19. The summed E-state index contributed by atoms with van der Waals surface area (Å²) in [6, 6.07) is 8.54. The van der Waals surface area contributed by atoms with Crippen molar-refractivity contribution in [2.45, 2.75) is 0 Å². The lowest BCUT2D eigenvalue weighted by Crippen LogP contribution is -1.86. The van der Waals surface area contributed by atoms with Gasteiger partial charge in [0.1, 0.15) is 0 Å². The van der Waals surface area contributed by atoms with Crippen molar-refractivity contribution in [3.05, 3.63) is 66.2 Å². The van der Waals surface area contributed by atoms with Gasteiger partial charge in [0, 0.05) is 12.4 Å². The van der Waals surface area contributed by atoms with E-state index < -0.39 is 17.5 Å². The van der Waals surface area contributed by atoms with Crippen molar-refractivity contribution in [3.63, 3.8) is 0 Å². The Balaban J connectivity index is 0.000000162. The summed E-state index contributed by atoms with van der Waals surface area (Å²) >= 11 is 0. The van der Waals surface area contributed by atoms with E-state index in [1.807, 2.05) is 18.2 Å². The van der Waals surface area contributed by atoms with Crippen LogP contribution in [0.4, 0.5) is 13.2 Å². The van der Waals surface area contributed by atoms with Gasteiger partial charge in [-0.2, -0.15) is 0 Å². The second-order valence-electron chi connectivity index (χ2n) is 2.56. The smallest absolute Gasteiger partial charge is 0.194 e. The Bertz CT molecular complexity index is 357. The highest BCUT2D eigenvalue weighted by Crippen LogP contribution is 2.07. The molecule has 0 amide bonds. The van der Waals surface area contributed by atoms with Crippen LogP contribution in [0.5, 0.6) is 0 Å². The lowest BCUT2D eigenvalue weighted by molar-refractivity contribution is 0.447. The summed E-state index contributed by atoms with van der Waals surface area (Å²) in [5.41, 5.74) is 0. The van der Waals surface area contributed by atoms with E-state index in [9.17, 15) is 13.2 Å². The van der Waals surface area contributed by atoms with Gasteiger partial charge in [-0.3, -0.25) is 4.98 Å². The SMILES string of the molecule is Fc1cccc(F)c1F.c1ccncc1. The van der Waals surface area contributed by atoms with Crippen LogP contribution in [0.25, 0.3) is 0 Å². The zero-order valence-corrected chi connectivity index (χ0v) is 7.70. The third-order valence-corrected chi connectivity index (χ3v) is 1.47. The van der Waals surface area contributed by atoms with E-state index in [1.165, 1.54) is 0 Å². The van der Waals surface area contributed by atoms with E-state index in [-0.39, 0.29) is 0 Å². The molecule has 0 aliphatic heterocycles. The number of pyridine rings is 1. The quantitative estimate of drug-likeness (QED) is 0.610. The summed E-state index contributed by atoms with van der Waals surface area (Å²) < 4.78 is 35.9. The summed E-state index contributed by atoms with van der Waals surface area (Å²) in [5, 5.41) is 0. The molecule has 0 aliphatic carbocycles. The molecule has 2 aromatic rings. The van der Waals surface area contributed by atoms with Crippen molar-refractivity contribution in [2.75, 3.05) is 0 Å². The molecule has 0 aliphatic rings. The average molecular weight is 211 g/mol. The highest BCUT2D eigenvalue weighted by Gasteiger charge is 2.04. The van der Waals surface area contributed by atoms with Gasteiger partial charge in [-0.1, -0.05) is 12.1 Å². The summed E-state index contributed by atoms with van der Waals surface area (Å²) in [7, 11) is 0. The molecule has 0 atom stereocenters. The number of nitrogens with zero attached hydrogens (tertiary/aromatic N) is 1. The van der Waals surface area contributed by atoms with Crippen molar-refractivity contribution in [3.8, 4) is 0 Å². The Morgan fingerprint density at radius 2 is 1.27 bits per heavy atom. The highest BCUT2D eigenvalue weighted by atomic mass is 19.2. The highest BCUT2D eigenvalue weighted by molar-refractivity contribution is 5.07. The van der Waals surface area contributed by atoms with E-state index in [0.29, 0.717) is 0 Å². The van der Waals surface area contributed by atoms with E-state index >= 15 is 0 Å². The fourth-order valence-corrected chi connectivity index (χ4v) is 0.790. The second-order valence-corrected chi connectivity index (χ2v) is 2.56. The minimum absolute atomic E-state index is 0.860. The lowest BCUT2D eigenvalue weighted by atomic mass is 10.3. The van der Waals surface area contributed by atoms with Crippen LogP contribution < -0.4 is 0 Å². The Hall–Kier alpha value is -1.84. The third-order valence-electron chi connectivity index (χ3n) is 1.47. The van der Waals surface area contributed by atoms with Crippen molar-refractivity contribution >= 4 is 0 Å². The topological polar surface area (TPSA) is 12.9 Å². The minimum atomic E-state index is -1.42. The molecule has 1 nitrogen and oxygen atoms in total. The third kappa shape index (κ3) is 3.81. The summed E-state index contributed by atoms with van der Waals surface area (Å²) in [4.78, 5) is 3.78. The Labute approximate surface area is 85.2 Å². The number of hydrogen-bond acceptors (Lipinski definition) is 1. The molecule has 78 valence electrons. The van der Waals surface area contributed by atoms with Gasteiger partial charge in [0.15, 0.2) is 17.5 Å². The molecule has 1 heterocycles. The number of benzene rings is 1. The molecule has 0 spiro atoms. The average Bonchev–Trinajstić information content (AvgIpc) is 2.29. The van der Waals surface area contributed by atoms with E-state index in [4.69, 9.17) is 0 Å². The van der Waals surface area contributed by atoms with Gasteiger partial charge in [0.05, 0.1) is 0 Å². The van der Waals surface area contributed by atoms with Crippen LogP contribution in [-0.2, 0) is 0 Å². The molecule has 4 heteroatoms. The monoisotopic (exact) mass is 211 g/mol. The number of hydrogen-bond donors (Lipinski definition) is 0. The molecule has 1 aromatic heterocycles. The summed E-state index contributed by atoms with van der Waals surface area (Å²) in [6.07, 6.45) is 3.50. The van der Waals surface area contributed by atoms with Gasteiger partial charge in [-0.05, 0) is 24.3 Å². The summed E-state index contributed by atoms with van der Waals surface area (Å²) in [5.74, 6) is -3.73. The first-order valence-corrected chi connectivity index (χ1v) is 4.16. The van der Waals surface area contributed by atoms with E-state index in [0.717, 1.165) is 18.2 Å². The molecule has 1 aromatic carbocycles. The van der Waals surface area contributed by atoms with Gasteiger partial charge in [0.25, 0.3) is 0 Å². The minimum Gasteiger partial charge on any atom is -0.265 e. The fourth-order valence-electron chi connectivity index (χ4n) is 0.790. The lowest BCUT2D eigenvalue weighted by Gasteiger charge is -1.90. The van der Waals surface area contributed by atoms with Gasteiger partial charge in [-0.25, -0.2) is 13.2 Å². The normalized spacial score (nSPS) is 9.00. The fraction of sp³-hybridized carbons (Fsp3) is 0. The predicted molar refractivity (Wildman–Crippen MR) is 50.6 cm³/mol. The van der Waals surface area contributed by atoms with E-state index in [2.05, 4.69) is 4.98 Å². The van der Waals surface area contributed by atoms with Crippen molar-refractivity contribution < 1.29 is 13.2 Å². The number of halogens is 3. The molecule has 0 radical (unpaired) electrons. The van der Waals surface area contributed by atoms with Gasteiger partial charge >= 0.3 is 0 Å². The maximum Gasteiger partial charge on any atom is 0.194 e. The molecule has 0 fully saturated rings. The van der Waals surface area contributed by atoms with Crippen LogP contribution >= 0.6 is 0 Å². The first-order chi connectivity index (χ1) is 7.22. The Kier molecular flexibility index (Phi) is 4.34. The molecular formula is C11H8F3N. The van der Waals surface area contributed by atoms with Gasteiger partial charge in [0.2, 0.25) is 0 Å². The van der Waals surface area contributed by atoms with Crippen LogP contribution in [-0.4, -0.2) is 4.98 Å². The molecule has 0 unspecified atom stereocenters. The number of rotatable bonds is 0. The van der Waals surface area contributed by atoms with Gasteiger partial charge in [-0.15, -0.1) is 0 Å². The molecular weight excluding hydrogens is 203 g/mol. The molecule has 2 rings (SSSR count). The molecule has 0 N–H and O–H groups in total. The van der Waals surface area contributed by atoms with Crippen LogP contribution in [0.15, 0.2) is 48.8 Å². The van der Waals surface area contributed by atoms with Crippen LogP contribution in [0.1, 0.15) is 0 Å². The molecule has 0 saturated heterocycles. The molecule has 0 bridgehead atoms. The van der Waals surface area contributed by atoms with Crippen LogP contribution in [0.2, 0.25) is 0 Å². The number of aromatic nitrogens is 1. The summed E-state index contributed by atoms with van der Waals surface area (Å²) in [6.45, 7) is 0. The second kappa shape index (κ2) is 5.80. The zero-order chi connectivity index (χ0) is 11.1. The molecule has 15 heavy (non-hydrogen) atoms. The van der Waals surface area contributed by atoms with Crippen molar-refractivity contribution in [2.24, 2.45) is 0 Å². The van der Waals surface area contributed by atoms with Gasteiger partial charge < -0.3 is 0 Å². The van der Waals surface area contributed by atoms with Crippen LogP contribution in [0, 0.1) is 17.5 Å². The molecule has 0 saturated carbocycles. The van der Waals surface area contributed by atoms with E-state index in [1.54, 1.807) is 12.4 Å². The largest absolute Gasteiger partial charge is 0.265 e. The van der Waals surface area contributed by atoms with Crippen LogP contribution in [0.3, 0.4) is 0 Å². The first-order valence-electron chi connectivity index (χ1n) is 4.16. The Morgan fingerprint density at radius 3 is 1.53 bits per heavy atom. The maximum atomic E-state index is 12.0. The van der Waals surface area contributed by atoms with Crippen molar-refractivity contribution in [1.82, 2.24) is 4.98 Å². The standard InChI is InChI=1S/C6H3F3.C5H5N/c7-4-2-1-3-5(8)6(4)9;1-2-4-6-5-3-1/h1-3H;1-5H.